The van der Waals surface area contributed by atoms with Crippen LogP contribution in [0.5, 0.6) is 0 Å². The molecule has 0 unspecified atom stereocenters. The van der Waals surface area contributed by atoms with E-state index in [-0.39, 0.29) is 28.2 Å². The number of pyridine rings is 1. The fourth-order valence-corrected chi connectivity index (χ4v) is 3.97. The summed E-state index contributed by atoms with van der Waals surface area (Å²) in [5.74, 6) is -1.02. The fraction of sp³-hybridized carbons (Fsp3) is 0.158. The van der Waals surface area contributed by atoms with Gasteiger partial charge in [-0.1, -0.05) is 0 Å². The van der Waals surface area contributed by atoms with Crippen LogP contribution in [0.25, 0.3) is 16.0 Å². The number of carbonyl (C=O) groups excluding carboxylic acids is 1. The molecule has 31 heavy (non-hydrogen) atoms. The molecule has 0 atom stereocenters. The van der Waals surface area contributed by atoms with Crippen molar-refractivity contribution in [2.75, 3.05) is 6.54 Å². The first-order valence-corrected chi connectivity index (χ1v) is 9.89. The van der Waals surface area contributed by atoms with E-state index in [2.05, 4.69) is 15.4 Å². The monoisotopic (exact) mass is 440 g/mol. The van der Waals surface area contributed by atoms with Crippen LogP contribution in [-0.4, -0.2) is 47.4 Å². The number of amides is 1. The van der Waals surface area contributed by atoms with Crippen molar-refractivity contribution in [1.29, 1.82) is 0 Å². The van der Waals surface area contributed by atoms with Gasteiger partial charge >= 0.3 is 11.7 Å². The van der Waals surface area contributed by atoms with Gasteiger partial charge in [-0.2, -0.15) is 5.10 Å². The second-order valence-electron chi connectivity index (χ2n) is 6.54. The topological polar surface area (TPSA) is 141 Å². The van der Waals surface area contributed by atoms with Crippen LogP contribution in [0.3, 0.4) is 0 Å². The number of thiophene rings is 1. The van der Waals surface area contributed by atoms with Crippen LogP contribution in [0, 0.1) is 0 Å². The zero-order valence-corrected chi connectivity index (χ0v) is 17.0. The minimum absolute atomic E-state index is 0.0241. The van der Waals surface area contributed by atoms with E-state index in [9.17, 15) is 19.2 Å². The lowest BCUT2D eigenvalue weighted by molar-refractivity contribution is 0.0702. The minimum Gasteiger partial charge on any atom is -0.477 e. The van der Waals surface area contributed by atoms with Gasteiger partial charge < -0.3 is 10.4 Å². The molecule has 0 aliphatic rings. The second kappa shape index (κ2) is 7.99. The summed E-state index contributed by atoms with van der Waals surface area (Å²) in [7, 11) is 1.47. The third kappa shape index (κ3) is 3.75. The molecule has 11 nitrogen and oxygen atoms in total. The van der Waals surface area contributed by atoms with Gasteiger partial charge in [-0.05, 0) is 24.3 Å². The van der Waals surface area contributed by atoms with Crippen LogP contribution in [0.2, 0.25) is 0 Å². The van der Waals surface area contributed by atoms with Crippen molar-refractivity contribution < 1.29 is 14.7 Å². The Morgan fingerprint density at radius 3 is 2.71 bits per heavy atom. The van der Waals surface area contributed by atoms with Crippen molar-refractivity contribution in [2.45, 2.75) is 6.54 Å². The summed E-state index contributed by atoms with van der Waals surface area (Å²) in [4.78, 5) is 53.2. The number of hydrogen-bond donors (Lipinski definition) is 2. The van der Waals surface area contributed by atoms with Crippen molar-refractivity contribution in [1.82, 2.24) is 29.2 Å². The summed E-state index contributed by atoms with van der Waals surface area (Å²) in [5.41, 5.74) is -0.868. The number of rotatable bonds is 6. The van der Waals surface area contributed by atoms with E-state index in [1.165, 1.54) is 23.9 Å². The number of aryl methyl sites for hydroxylation is 1. The van der Waals surface area contributed by atoms with Gasteiger partial charge in [0.25, 0.3) is 11.5 Å². The lowest BCUT2D eigenvalue weighted by atomic mass is 10.2. The highest BCUT2D eigenvalue weighted by molar-refractivity contribution is 7.20. The summed E-state index contributed by atoms with van der Waals surface area (Å²) in [5, 5.41) is 16.0. The molecule has 12 heteroatoms. The molecule has 0 radical (unpaired) electrons. The van der Waals surface area contributed by atoms with E-state index in [1.807, 2.05) is 0 Å². The van der Waals surface area contributed by atoms with Crippen molar-refractivity contribution in [3.8, 4) is 5.82 Å². The van der Waals surface area contributed by atoms with Gasteiger partial charge in [-0.15, -0.1) is 11.3 Å². The quantitative estimate of drug-likeness (QED) is 0.444. The van der Waals surface area contributed by atoms with E-state index in [4.69, 9.17) is 5.11 Å². The second-order valence-corrected chi connectivity index (χ2v) is 7.58. The molecule has 0 bridgehead atoms. The smallest absolute Gasteiger partial charge is 0.345 e. The Bertz CT molecular complexity index is 1400. The average molecular weight is 440 g/mol. The minimum atomic E-state index is -1.17. The molecule has 4 aromatic rings. The number of carboxylic acids is 1. The molecule has 0 saturated carbocycles. The highest BCUT2D eigenvalue weighted by atomic mass is 32.1. The molecule has 158 valence electrons. The Kier molecular flexibility index (Phi) is 5.21. The van der Waals surface area contributed by atoms with Crippen LogP contribution in [0.4, 0.5) is 0 Å². The number of nitrogens with zero attached hydrogens (tertiary/aromatic N) is 5. The van der Waals surface area contributed by atoms with E-state index >= 15 is 0 Å². The standard InChI is InChI=1S/C19H16N6O5S/c1-23-17-12(9-13(31-17)18(28)29)16(27)24(19(23)30)8-6-20-15(26)11-3-4-14(21-10-11)25-7-2-5-22-25/h2-5,7,9-10H,6,8H2,1H3,(H,20,26)(H,28,29). The predicted molar refractivity (Wildman–Crippen MR) is 112 cm³/mol. The maximum absolute atomic E-state index is 12.7. The zero-order chi connectivity index (χ0) is 22.1. The first-order chi connectivity index (χ1) is 14.9. The molecule has 0 aliphatic carbocycles. The van der Waals surface area contributed by atoms with Crippen LogP contribution < -0.4 is 16.6 Å². The molecule has 0 fully saturated rings. The molecular weight excluding hydrogens is 424 g/mol. The number of fused-ring (bicyclic) bond motifs is 1. The lowest BCUT2D eigenvalue weighted by Gasteiger charge is -2.09. The first-order valence-electron chi connectivity index (χ1n) is 9.07. The molecule has 1 amide bonds. The van der Waals surface area contributed by atoms with Gasteiger partial charge in [-0.3, -0.25) is 18.7 Å². The van der Waals surface area contributed by atoms with Crippen molar-refractivity contribution >= 4 is 33.4 Å². The van der Waals surface area contributed by atoms with E-state index in [0.29, 0.717) is 11.4 Å². The van der Waals surface area contributed by atoms with Gasteiger partial charge in [0.1, 0.15) is 9.71 Å². The number of aromatic nitrogens is 5. The normalized spacial score (nSPS) is 11.0. The van der Waals surface area contributed by atoms with E-state index < -0.39 is 23.1 Å². The molecule has 0 aromatic carbocycles. The summed E-state index contributed by atoms with van der Waals surface area (Å²) in [6.07, 6.45) is 4.75. The highest BCUT2D eigenvalue weighted by Crippen LogP contribution is 2.21. The predicted octanol–water partition coefficient (Wildman–Crippen LogP) is 0.471. The Morgan fingerprint density at radius 2 is 2.06 bits per heavy atom. The number of carbonyl (C=O) groups is 2. The number of carboxylic acid groups (broad SMARTS) is 1. The Balaban J connectivity index is 1.49. The summed E-state index contributed by atoms with van der Waals surface area (Å²) >= 11 is 0.862. The molecule has 0 spiro atoms. The van der Waals surface area contributed by atoms with Gasteiger partial charge in [0.2, 0.25) is 0 Å². The molecular formula is C19H16N6O5S. The van der Waals surface area contributed by atoms with E-state index in [1.54, 1.807) is 35.3 Å². The zero-order valence-electron chi connectivity index (χ0n) is 16.2. The Labute approximate surface area is 177 Å². The van der Waals surface area contributed by atoms with Crippen LogP contribution in [-0.2, 0) is 13.6 Å². The maximum atomic E-state index is 12.7. The SMILES string of the molecule is Cn1c(=O)n(CCNC(=O)c2ccc(-n3cccn3)nc2)c(=O)c2cc(C(=O)O)sc21. The molecule has 4 aromatic heterocycles. The van der Waals surface area contributed by atoms with Gasteiger partial charge in [-0.25, -0.2) is 19.3 Å². The van der Waals surface area contributed by atoms with E-state index in [0.717, 1.165) is 15.9 Å². The Morgan fingerprint density at radius 1 is 1.26 bits per heavy atom. The molecule has 4 rings (SSSR count). The van der Waals surface area contributed by atoms with Gasteiger partial charge in [0.15, 0.2) is 5.82 Å². The summed E-state index contributed by atoms with van der Waals surface area (Å²) in [6.45, 7) is -0.0411. The molecule has 0 aliphatic heterocycles. The van der Waals surface area contributed by atoms with Crippen molar-refractivity contribution in [3.63, 3.8) is 0 Å². The van der Waals surface area contributed by atoms with Crippen LogP contribution >= 0.6 is 11.3 Å². The summed E-state index contributed by atoms with van der Waals surface area (Å²) < 4.78 is 3.76. The number of hydrogen-bond acceptors (Lipinski definition) is 7. The van der Waals surface area contributed by atoms with Crippen molar-refractivity contribution in [3.05, 3.63) is 74.1 Å². The average Bonchev–Trinajstić information content (AvgIpc) is 3.45. The van der Waals surface area contributed by atoms with Gasteiger partial charge in [0.05, 0.1) is 10.9 Å². The molecule has 2 N–H and O–H groups in total. The van der Waals surface area contributed by atoms with Gasteiger partial charge in [0, 0.05) is 38.7 Å². The molecule has 4 heterocycles. The maximum Gasteiger partial charge on any atom is 0.345 e. The lowest BCUT2D eigenvalue weighted by Crippen LogP contribution is -2.41. The summed E-state index contributed by atoms with van der Waals surface area (Å²) in [6, 6.07) is 6.25. The highest BCUT2D eigenvalue weighted by Gasteiger charge is 2.17. The largest absolute Gasteiger partial charge is 0.477 e. The fourth-order valence-electron chi connectivity index (χ4n) is 3.03. The molecule has 0 saturated heterocycles. The first kappa shape index (κ1) is 20.2. The third-order valence-corrected chi connectivity index (χ3v) is 5.79. The number of nitrogens with one attached hydrogen (secondary N) is 1. The number of aromatic carboxylic acids is 1. The van der Waals surface area contributed by atoms with Crippen LogP contribution in [0.15, 0.2) is 52.4 Å². The third-order valence-electron chi connectivity index (χ3n) is 4.59. The Hall–Kier alpha value is -4.06. The van der Waals surface area contributed by atoms with Crippen molar-refractivity contribution in [2.24, 2.45) is 7.05 Å². The van der Waals surface area contributed by atoms with Crippen LogP contribution in [0.1, 0.15) is 20.0 Å².